The van der Waals surface area contributed by atoms with Crippen LogP contribution in [0.3, 0.4) is 0 Å². The molecule has 91 heavy (non-hydrogen) atoms. The molecule has 4 saturated heterocycles. The number of hydrogen-bond donors (Lipinski definition) is 3. The molecule has 16 rings (SSSR count). The number of aryl methyl sites for hydroxylation is 1. The van der Waals surface area contributed by atoms with Crippen LogP contribution in [0.25, 0.3) is 72.8 Å². The molecule has 4 N–H and O–H groups in total. The van der Waals surface area contributed by atoms with E-state index in [4.69, 9.17) is 66.2 Å². The van der Waals surface area contributed by atoms with Gasteiger partial charge in [0.1, 0.15) is 42.6 Å². The number of morpholine rings is 4. The zero-order valence-corrected chi connectivity index (χ0v) is 53.2. The summed E-state index contributed by atoms with van der Waals surface area (Å²) in [5.41, 5.74) is 7.72. The molecule has 27 nitrogen and oxygen atoms in total. The lowest BCUT2D eigenvalue weighted by atomic mass is 10.2. The molecular weight excluding hydrogens is 1290 g/mol. The minimum atomic E-state index is 0.211. The van der Waals surface area contributed by atoms with Gasteiger partial charge in [-0.2, -0.15) is 25.0 Å². The predicted octanol–water partition coefficient (Wildman–Crippen LogP) is 10.2. The van der Waals surface area contributed by atoms with Crippen LogP contribution in [0.4, 0.5) is 35.2 Å². The lowest BCUT2D eigenvalue weighted by Gasteiger charge is -2.28. The Morgan fingerprint density at radius 2 is 0.901 bits per heavy atom. The molecule has 468 valence electrons. The molecule has 12 aromatic rings. The van der Waals surface area contributed by atoms with Gasteiger partial charge in [-0.1, -0.05) is 29.8 Å². The summed E-state index contributed by atoms with van der Waals surface area (Å²) in [5, 5.41) is 8.64. The summed E-state index contributed by atoms with van der Waals surface area (Å²) in [7, 11) is 0. The van der Waals surface area contributed by atoms with Crippen LogP contribution in [-0.2, 0) is 18.9 Å². The Morgan fingerprint density at radius 1 is 0.505 bits per heavy atom. The molecule has 0 unspecified atom stereocenters. The van der Waals surface area contributed by atoms with Crippen LogP contribution in [0.1, 0.15) is 20.8 Å². The number of nitrogens with two attached hydrogens (primary N) is 1. The first kappa shape index (κ1) is 61.4. The summed E-state index contributed by atoms with van der Waals surface area (Å²) in [6.07, 6.45) is 11.9. The quantitative estimate of drug-likeness (QED) is 0.0336. The Balaban J connectivity index is 0.000000113. The minimum absolute atomic E-state index is 0.211. The second kappa shape index (κ2) is 28.8. The number of thiophene rings is 4. The van der Waals surface area contributed by atoms with Crippen molar-refractivity contribution in [3.63, 3.8) is 0 Å². The van der Waals surface area contributed by atoms with Crippen molar-refractivity contribution in [3.05, 3.63) is 113 Å². The van der Waals surface area contributed by atoms with E-state index in [-0.39, 0.29) is 10.6 Å². The highest BCUT2D eigenvalue weighted by Gasteiger charge is 2.25. The average Bonchev–Trinajstić information content (AvgIpc) is 1.91. The Labute approximate surface area is 543 Å². The maximum atomic E-state index is 10.8. The van der Waals surface area contributed by atoms with Gasteiger partial charge in [0.25, 0.3) is 0 Å². The first-order valence-electron chi connectivity index (χ1n) is 28.5. The number of hydrazine groups is 1. The molecule has 33 heteroatoms. The molecular formula is C58H55Cl2N19O8S4. The highest BCUT2D eigenvalue weighted by atomic mass is 35.5. The van der Waals surface area contributed by atoms with Gasteiger partial charge in [-0.15, -0.1) is 45.3 Å². The van der Waals surface area contributed by atoms with E-state index in [1.165, 1.54) is 58.8 Å². The summed E-state index contributed by atoms with van der Waals surface area (Å²) < 4.78 is 37.8. The van der Waals surface area contributed by atoms with E-state index in [0.717, 1.165) is 160 Å². The van der Waals surface area contributed by atoms with Gasteiger partial charge in [-0.3, -0.25) is 10.2 Å². The van der Waals surface area contributed by atoms with Crippen LogP contribution in [0, 0.1) is 6.92 Å². The number of halogens is 2. The number of nitrogens with zero attached hydrogens (tertiary/aromatic N) is 16. The van der Waals surface area contributed by atoms with Crippen molar-refractivity contribution in [2.75, 3.05) is 136 Å². The van der Waals surface area contributed by atoms with E-state index in [9.17, 15) is 4.79 Å². The van der Waals surface area contributed by atoms with Crippen LogP contribution >= 0.6 is 68.5 Å². The fraction of sp³-hybridized carbons (Fsp3) is 0.293. The predicted molar refractivity (Wildman–Crippen MR) is 354 cm³/mol. The summed E-state index contributed by atoms with van der Waals surface area (Å²) in [5.74, 6) is 11.9. The van der Waals surface area contributed by atoms with E-state index in [0.29, 0.717) is 69.6 Å². The molecule has 15 heterocycles. The van der Waals surface area contributed by atoms with Crippen molar-refractivity contribution in [3.8, 4) is 31.9 Å². The van der Waals surface area contributed by atoms with Gasteiger partial charge >= 0.3 is 0 Å². The number of hydrogen-bond acceptors (Lipinski definition) is 31. The first-order chi connectivity index (χ1) is 44.7. The monoisotopic (exact) mass is 1340 g/mol. The number of aldehydes is 1. The number of fused-ring (bicyclic) bond motifs is 4. The maximum absolute atomic E-state index is 10.8. The molecule has 0 spiro atoms. The molecule has 0 radical (unpaired) electrons. The Hall–Kier alpha value is -8.47. The summed E-state index contributed by atoms with van der Waals surface area (Å²) in [4.78, 5) is 73.9. The van der Waals surface area contributed by atoms with Crippen LogP contribution in [0.2, 0.25) is 10.6 Å². The van der Waals surface area contributed by atoms with Crippen LogP contribution < -0.4 is 36.3 Å². The Kier molecular flexibility index (Phi) is 19.4. The number of hydrazone groups is 1. The van der Waals surface area contributed by atoms with Gasteiger partial charge < -0.3 is 51.8 Å². The second-order valence-corrected chi connectivity index (χ2v) is 25.1. The minimum Gasteiger partial charge on any atom is -0.443 e. The molecule has 0 atom stereocenters. The second-order valence-electron chi connectivity index (χ2n) is 20.3. The molecule has 1 aromatic carbocycles. The van der Waals surface area contributed by atoms with Crippen molar-refractivity contribution in [1.29, 1.82) is 0 Å². The first-order valence-corrected chi connectivity index (χ1v) is 32.5. The van der Waals surface area contributed by atoms with E-state index in [1.807, 2.05) is 30.3 Å². The zero-order chi connectivity index (χ0) is 62.0. The van der Waals surface area contributed by atoms with Gasteiger partial charge in [0.05, 0.1) is 119 Å². The lowest BCUT2D eigenvalue weighted by molar-refractivity contribution is 0.112. The highest BCUT2D eigenvalue weighted by Crippen LogP contribution is 2.41. The molecule has 0 aliphatic carbocycles. The highest BCUT2D eigenvalue weighted by molar-refractivity contribution is 7.22. The number of anilines is 6. The molecule has 4 aliphatic rings. The van der Waals surface area contributed by atoms with E-state index < -0.39 is 0 Å². The molecule has 11 aromatic heterocycles. The fourth-order valence-electron chi connectivity index (χ4n) is 10.1. The molecule has 0 saturated carbocycles. The number of aromatic nitrogens is 11. The third-order valence-electron chi connectivity index (χ3n) is 14.4. The topological polar surface area (TPSA) is 311 Å². The standard InChI is InChI=1S/C21H20N6O2S.C13H11ClN4O2S.C13H14N6O2S.C11H10ClN3O2S/c1-14-3-2-4-15(9-14)11-23-26-21-24-19(27-5-7-28-8-6-27)16-10-18(30-20(16)25-21)17-12-22-13-29-17;14-13-16-11(18-1-3-19-4-2-18)8-5-10(21-12(8)17-13)9-6-15-7-20-9;14-18-13-16-11(19-1-3-20-4-2-19)8-5-10(22-12(8)17-13)9-6-15-7-21-9;12-11-13-9(15-1-3-17-4-2-15)8-5-7(6-16)18-10(8)14-11/h2-4,9-13H,5-8H2,1H3,(H,24,25,26);5-7H,1-4H2;5-7H,1-4,14H2,(H,16,17,18);5-6H,1-4H2/b23-11+;;;. The zero-order valence-electron chi connectivity index (χ0n) is 48.4. The third-order valence-corrected chi connectivity index (χ3v) is 18.8. The molecule has 0 amide bonds. The number of nitrogens with one attached hydrogen (secondary N) is 2. The summed E-state index contributed by atoms with van der Waals surface area (Å²) in [6, 6.07) is 16.1. The largest absolute Gasteiger partial charge is 0.443 e. The van der Waals surface area contributed by atoms with E-state index >= 15 is 0 Å². The number of carbonyl (C=O) groups excluding carboxylic acids is 1. The Bertz CT molecular complexity index is 4430. The van der Waals surface area contributed by atoms with E-state index in [1.54, 1.807) is 36.1 Å². The van der Waals surface area contributed by atoms with Gasteiger partial charge in [-0.25, -0.2) is 46.2 Å². The molecule has 4 fully saturated rings. The maximum Gasteiger partial charge on any atom is 0.246 e. The summed E-state index contributed by atoms with van der Waals surface area (Å²) in [6.45, 7) is 13.8. The summed E-state index contributed by atoms with van der Waals surface area (Å²) >= 11 is 17.9. The average molecular weight is 1350 g/mol. The molecule has 4 aliphatic heterocycles. The normalized spacial score (nSPS) is 15.4. The lowest BCUT2D eigenvalue weighted by Crippen LogP contribution is -2.37. The van der Waals surface area contributed by atoms with Crippen LogP contribution in [0.5, 0.6) is 0 Å². The van der Waals surface area contributed by atoms with Crippen molar-refractivity contribution < 1.29 is 37.0 Å². The SMILES string of the molecule is Cc1cccc(/C=N/Nc2nc(N3CCOCC3)c3cc(-c4cnco4)sc3n2)c1.Clc1nc(N2CCOCC2)c2cc(-c3cnco3)sc2n1.NNc1nc(N2CCOCC2)c2cc(-c3cnco3)sc2n1.O=Cc1cc2c(N3CCOCC3)nc(Cl)nc2s1. The van der Waals surface area contributed by atoms with Crippen LogP contribution in [0.15, 0.2) is 105 Å². The smallest absolute Gasteiger partial charge is 0.246 e. The van der Waals surface area contributed by atoms with Crippen molar-refractivity contribution >= 4 is 157 Å². The number of oxazole rings is 3. The number of benzene rings is 1. The van der Waals surface area contributed by atoms with Crippen LogP contribution in [-0.4, -0.2) is 173 Å². The van der Waals surface area contributed by atoms with Crippen molar-refractivity contribution in [2.45, 2.75) is 6.92 Å². The fourth-order valence-corrected chi connectivity index (χ4v) is 14.3. The number of rotatable bonds is 12. The number of nitrogen functional groups attached to an aromatic ring is 1. The third kappa shape index (κ3) is 14.5. The van der Waals surface area contributed by atoms with Gasteiger partial charge in [-0.05, 0) is 60.0 Å². The van der Waals surface area contributed by atoms with Crippen molar-refractivity contribution in [1.82, 2.24) is 54.8 Å². The van der Waals surface area contributed by atoms with Gasteiger partial charge in [0.2, 0.25) is 22.5 Å². The van der Waals surface area contributed by atoms with Gasteiger partial charge in [0.15, 0.2) is 42.7 Å². The van der Waals surface area contributed by atoms with Gasteiger partial charge in [0, 0.05) is 52.4 Å². The van der Waals surface area contributed by atoms with E-state index in [2.05, 4.69) is 111 Å². The number of carbonyl (C=O) groups is 1. The Morgan fingerprint density at radius 3 is 1.31 bits per heavy atom. The number of ether oxygens (including phenoxy) is 4. The molecule has 0 bridgehead atoms. The van der Waals surface area contributed by atoms with Crippen molar-refractivity contribution in [2.24, 2.45) is 10.9 Å².